The lowest BCUT2D eigenvalue weighted by Gasteiger charge is -2.14. The van der Waals surface area contributed by atoms with Crippen LogP contribution < -0.4 is 16.4 Å². The number of anilines is 2. The molecule has 0 aliphatic heterocycles. The molecule has 2 saturated carbocycles. The standard InChI is InChI=1S/C24H33N5O/c1-15-6-13-21(28-22(15)18-9-10-18)29-24(30)19-11-12-20(17-7-8-17)27-23(19)26-14-4-3-5-16(2)25/h6,11-13,16-18H,3-5,7-10,14,25H2,1-2H3,(H,26,27)(H,28,29,30). The van der Waals surface area contributed by atoms with Crippen molar-refractivity contribution < 1.29 is 4.79 Å². The van der Waals surface area contributed by atoms with Gasteiger partial charge in [-0.15, -0.1) is 0 Å². The van der Waals surface area contributed by atoms with Crippen LogP contribution in [0.15, 0.2) is 24.3 Å². The first-order chi connectivity index (χ1) is 14.5. The van der Waals surface area contributed by atoms with E-state index in [1.165, 1.54) is 31.2 Å². The number of nitrogens with one attached hydrogen (secondary N) is 2. The molecule has 1 unspecified atom stereocenters. The van der Waals surface area contributed by atoms with Gasteiger partial charge in [0.1, 0.15) is 11.6 Å². The van der Waals surface area contributed by atoms with Crippen molar-refractivity contribution in [2.75, 3.05) is 17.2 Å². The van der Waals surface area contributed by atoms with E-state index in [-0.39, 0.29) is 11.9 Å². The van der Waals surface area contributed by atoms with Gasteiger partial charge in [0, 0.05) is 35.8 Å². The zero-order chi connectivity index (χ0) is 21.1. The summed E-state index contributed by atoms with van der Waals surface area (Å²) in [7, 11) is 0. The van der Waals surface area contributed by atoms with Gasteiger partial charge in [-0.05, 0) is 76.1 Å². The molecule has 2 aromatic rings. The van der Waals surface area contributed by atoms with Crippen molar-refractivity contribution in [2.45, 2.75) is 76.7 Å². The topological polar surface area (TPSA) is 92.9 Å². The molecule has 160 valence electrons. The first-order valence-electron chi connectivity index (χ1n) is 11.3. The number of hydrogen-bond donors (Lipinski definition) is 3. The smallest absolute Gasteiger partial charge is 0.260 e. The molecule has 1 atom stereocenters. The fourth-order valence-corrected chi connectivity index (χ4v) is 3.76. The van der Waals surface area contributed by atoms with Gasteiger partial charge in [-0.3, -0.25) is 4.79 Å². The van der Waals surface area contributed by atoms with Crippen molar-refractivity contribution in [1.29, 1.82) is 0 Å². The Morgan fingerprint density at radius 3 is 2.57 bits per heavy atom. The number of carbonyl (C=O) groups is 1. The molecule has 4 rings (SSSR count). The van der Waals surface area contributed by atoms with Crippen LogP contribution in [0.25, 0.3) is 0 Å². The Kier molecular flexibility index (Phi) is 6.32. The first kappa shape index (κ1) is 20.8. The summed E-state index contributed by atoms with van der Waals surface area (Å²) in [4.78, 5) is 22.5. The molecule has 6 heteroatoms. The molecular weight excluding hydrogens is 374 g/mol. The number of nitrogens with zero attached hydrogens (tertiary/aromatic N) is 2. The highest BCUT2D eigenvalue weighted by Crippen LogP contribution is 2.41. The Morgan fingerprint density at radius 2 is 1.87 bits per heavy atom. The summed E-state index contributed by atoms with van der Waals surface area (Å²) in [6.07, 6.45) is 7.82. The van der Waals surface area contributed by atoms with Crippen molar-refractivity contribution in [3.8, 4) is 0 Å². The van der Waals surface area contributed by atoms with Crippen LogP contribution in [0, 0.1) is 6.92 Å². The summed E-state index contributed by atoms with van der Waals surface area (Å²) in [5, 5.41) is 6.38. The monoisotopic (exact) mass is 407 g/mol. The zero-order valence-electron chi connectivity index (χ0n) is 18.1. The van der Waals surface area contributed by atoms with Crippen LogP contribution in [0.5, 0.6) is 0 Å². The largest absolute Gasteiger partial charge is 0.369 e. The minimum absolute atomic E-state index is 0.166. The third-order valence-electron chi connectivity index (χ3n) is 5.88. The average Bonchev–Trinajstić information content (AvgIpc) is 3.62. The number of amides is 1. The Bertz CT molecular complexity index is 902. The second kappa shape index (κ2) is 9.13. The van der Waals surface area contributed by atoms with Crippen LogP contribution in [0.4, 0.5) is 11.6 Å². The predicted molar refractivity (Wildman–Crippen MR) is 121 cm³/mol. The van der Waals surface area contributed by atoms with E-state index >= 15 is 0 Å². The summed E-state index contributed by atoms with van der Waals surface area (Å²) in [5.74, 6) is 2.21. The molecule has 4 N–H and O–H groups in total. The Labute approximate surface area is 179 Å². The molecule has 2 aliphatic rings. The van der Waals surface area contributed by atoms with Crippen molar-refractivity contribution in [3.05, 3.63) is 46.8 Å². The fraction of sp³-hybridized carbons (Fsp3) is 0.542. The zero-order valence-corrected chi connectivity index (χ0v) is 18.1. The number of aromatic nitrogens is 2. The van der Waals surface area contributed by atoms with Crippen molar-refractivity contribution in [3.63, 3.8) is 0 Å². The molecule has 30 heavy (non-hydrogen) atoms. The van der Waals surface area contributed by atoms with Crippen molar-refractivity contribution in [2.24, 2.45) is 5.73 Å². The number of rotatable bonds is 10. The summed E-state index contributed by atoms with van der Waals surface area (Å²) < 4.78 is 0. The highest BCUT2D eigenvalue weighted by atomic mass is 16.1. The average molecular weight is 408 g/mol. The molecule has 2 aromatic heterocycles. The summed E-state index contributed by atoms with van der Waals surface area (Å²) >= 11 is 0. The maximum Gasteiger partial charge on any atom is 0.260 e. The third-order valence-corrected chi connectivity index (χ3v) is 5.88. The van der Waals surface area contributed by atoms with E-state index in [2.05, 4.69) is 17.6 Å². The number of nitrogens with two attached hydrogens (primary N) is 1. The number of aryl methyl sites for hydroxylation is 1. The van der Waals surface area contributed by atoms with E-state index in [9.17, 15) is 4.79 Å². The molecule has 2 fully saturated rings. The van der Waals surface area contributed by atoms with Crippen LogP contribution in [0.2, 0.25) is 0 Å². The summed E-state index contributed by atoms with van der Waals surface area (Å²) in [5.41, 5.74) is 9.79. The maximum atomic E-state index is 13.0. The van der Waals surface area contributed by atoms with Crippen LogP contribution in [-0.4, -0.2) is 28.5 Å². The number of carbonyl (C=O) groups excluding carboxylic acids is 1. The Balaban J connectivity index is 1.46. The highest BCUT2D eigenvalue weighted by molar-refractivity contribution is 6.07. The van der Waals surface area contributed by atoms with Gasteiger partial charge in [-0.1, -0.05) is 12.5 Å². The van der Waals surface area contributed by atoms with Gasteiger partial charge in [0.05, 0.1) is 5.56 Å². The first-order valence-corrected chi connectivity index (χ1v) is 11.3. The van der Waals surface area contributed by atoms with Gasteiger partial charge >= 0.3 is 0 Å². The molecule has 2 heterocycles. The highest BCUT2D eigenvalue weighted by Gasteiger charge is 2.28. The lowest BCUT2D eigenvalue weighted by atomic mass is 10.1. The fourth-order valence-electron chi connectivity index (χ4n) is 3.76. The molecule has 0 aromatic carbocycles. The van der Waals surface area contributed by atoms with Crippen molar-refractivity contribution >= 4 is 17.5 Å². The Hall–Kier alpha value is -2.47. The van der Waals surface area contributed by atoms with E-state index in [1.807, 2.05) is 31.2 Å². The van der Waals surface area contributed by atoms with Crippen LogP contribution in [0.1, 0.15) is 91.0 Å². The number of pyridine rings is 2. The van der Waals surface area contributed by atoms with Crippen LogP contribution in [-0.2, 0) is 0 Å². The van der Waals surface area contributed by atoms with Gasteiger partial charge in [0.2, 0.25) is 0 Å². The molecule has 0 spiro atoms. The van der Waals surface area contributed by atoms with Crippen LogP contribution in [0.3, 0.4) is 0 Å². The summed E-state index contributed by atoms with van der Waals surface area (Å²) in [6, 6.07) is 8.04. The van der Waals surface area contributed by atoms with Gasteiger partial charge < -0.3 is 16.4 Å². The second-order valence-electron chi connectivity index (χ2n) is 8.93. The minimum atomic E-state index is -0.166. The quantitative estimate of drug-likeness (QED) is 0.496. The molecular formula is C24H33N5O. The van der Waals surface area contributed by atoms with E-state index in [4.69, 9.17) is 15.7 Å². The Morgan fingerprint density at radius 1 is 1.10 bits per heavy atom. The molecule has 0 bridgehead atoms. The molecule has 0 radical (unpaired) electrons. The van der Waals surface area contributed by atoms with E-state index in [0.717, 1.165) is 37.2 Å². The third kappa shape index (κ3) is 5.36. The minimum Gasteiger partial charge on any atom is -0.369 e. The number of unbranched alkanes of at least 4 members (excludes halogenated alkanes) is 1. The number of hydrogen-bond acceptors (Lipinski definition) is 5. The lowest BCUT2D eigenvalue weighted by molar-refractivity contribution is 0.102. The normalized spacial score (nSPS) is 16.9. The van der Waals surface area contributed by atoms with Gasteiger partial charge in [-0.25, -0.2) is 9.97 Å². The molecule has 6 nitrogen and oxygen atoms in total. The predicted octanol–water partition coefficient (Wildman–Crippen LogP) is 4.72. The molecule has 2 aliphatic carbocycles. The van der Waals surface area contributed by atoms with E-state index < -0.39 is 0 Å². The van der Waals surface area contributed by atoms with Gasteiger partial charge in [0.25, 0.3) is 5.91 Å². The van der Waals surface area contributed by atoms with E-state index in [0.29, 0.717) is 29.0 Å². The van der Waals surface area contributed by atoms with Gasteiger partial charge in [-0.2, -0.15) is 0 Å². The molecule has 1 amide bonds. The SMILES string of the molecule is Cc1ccc(NC(=O)c2ccc(C3CC3)nc2NCCCCC(C)N)nc1C1CC1. The van der Waals surface area contributed by atoms with Gasteiger partial charge in [0.15, 0.2) is 0 Å². The van der Waals surface area contributed by atoms with Crippen LogP contribution >= 0.6 is 0 Å². The van der Waals surface area contributed by atoms with E-state index in [1.54, 1.807) is 0 Å². The lowest BCUT2D eigenvalue weighted by Crippen LogP contribution is -2.18. The molecule has 0 saturated heterocycles. The second-order valence-corrected chi connectivity index (χ2v) is 8.93. The maximum absolute atomic E-state index is 13.0. The van der Waals surface area contributed by atoms with Crippen molar-refractivity contribution in [1.82, 2.24) is 9.97 Å². The summed E-state index contributed by atoms with van der Waals surface area (Å²) in [6.45, 7) is 4.90.